The summed E-state index contributed by atoms with van der Waals surface area (Å²) in [6, 6.07) is 20.6. The number of hydrogen-bond donors (Lipinski definition) is 0. The average Bonchev–Trinajstić information content (AvgIpc) is 3.35. The van der Waals surface area contributed by atoms with Gasteiger partial charge in [-0.15, -0.1) is 0 Å². The Morgan fingerprint density at radius 2 is 1.58 bits per heavy atom. The standard InChI is InChI=1S/C29H29NO6/c1-4-33-28(31)16-8-20-5-11-23(12-6-20)36-24-13-9-22(10-14-24)25(29(32)30(2)3)17-21-7-15-26-27(18-21)35-19-34-26/h5-7,9-15,17-18H,4,8,16,19H2,1-3H3. The highest BCUT2D eigenvalue weighted by molar-refractivity contribution is 6.24. The van der Waals surface area contributed by atoms with Crippen LogP contribution in [-0.4, -0.2) is 44.3 Å². The van der Waals surface area contributed by atoms with Gasteiger partial charge >= 0.3 is 5.97 Å². The predicted octanol–water partition coefficient (Wildman–Crippen LogP) is 5.33. The molecule has 36 heavy (non-hydrogen) atoms. The van der Waals surface area contributed by atoms with Crippen LogP contribution in [0.15, 0.2) is 66.7 Å². The highest BCUT2D eigenvalue weighted by Crippen LogP contribution is 2.34. The third-order valence-electron chi connectivity index (χ3n) is 5.59. The van der Waals surface area contributed by atoms with Crippen molar-refractivity contribution in [2.24, 2.45) is 0 Å². The van der Waals surface area contributed by atoms with Crippen molar-refractivity contribution < 1.29 is 28.5 Å². The number of fused-ring (bicyclic) bond motifs is 1. The number of benzene rings is 3. The van der Waals surface area contributed by atoms with E-state index in [-0.39, 0.29) is 18.7 Å². The largest absolute Gasteiger partial charge is 0.466 e. The number of hydrogen-bond acceptors (Lipinski definition) is 6. The third-order valence-corrected chi connectivity index (χ3v) is 5.59. The lowest BCUT2D eigenvalue weighted by Crippen LogP contribution is -2.22. The Bertz CT molecular complexity index is 1250. The number of rotatable bonds is 9. The molecule has 3 aromatic rings. The fraction of sp³-hybridized carbons (Fsp3) is 0.241. The molecule has 186 valence electrons. The average molecular weight is 488 g/mol. The molecule has 4 rings (SSSR count). The first-order chi connectivity index (χ1) is 17.4. The van der Waals surface area contributed by atoms with Crippen LogP contribution >= 0.6 is 0 Å². The van der Waals surface area contributed by atoms with Gasteiger partial charge in [0.15, 0.2) is 11.5 Å². The van der Waals surface area contributed by atoms with Gasteiger partial charge in [-0.2, -0.15) is 0 Å². The molecule has 0 bridgehead atoms. The summed E-state index contributed by atoms with van der Waals surface area (Å²) in [5.41, 5.74) is 3.20. The van der Waals surface area contributed by atoms with Crippen LogP contribution in [-0.2, 0) is 20.7 Å². The molecule has 0 aromatic heterocycles. The van der Waals surface area contributed by atoms with E-state index < -0.39 is 0 Å². The van der Waals surface area contributed by atoms with E-state index in [9.17, 15) is 9.59 Å². The van der Waals surface area contributed by atoms with Crippen LogP contribution in [0.4, 0.5) is 0 Å². The molecule has 0 saturated carbocycles. The Balaban J connectivity index is 1.47. The minimum Gasteiger partial charge on any atom is -0.466 e. The summed E-state index contributed by atoms with van der Waals surface area (Å²) >= 11 is 0. The van der Waals surface area contributed by atoms with Gasteiger partial charge in [0, 0.05) is 26.1 Å². The van der Waals surface area contributed by atoms with Crippen LogP contribution in [0.25, 0.3) is 11.6 Å². The zero-order valence-corrected chi connectivity index (χ0v) is 20.7. The summed E-state index contributed by atoms with van der Waals surface area (Å²) < 4.78 is 21.8. The Labute approximate surface area is 210 Å². The highest BCUT2D eigenvalue weighted by atomic mass is 16.7. The van der Waals surface area contributed by atoms with Gasteiger partial charge in [0.1, 0.15) is 11.5 Å². The highest BCUT2D eigenvalue weighted by Gasteiger charge is 2.17. The number of carbonyl (C=O) groups is 2. The van der Waals surface area contributed by atoms with Gasteiger partial charge in [0.05, 0.1) is 6.61 Å². The molecule has 0 unspecified atom stereocenters. The fourth-order valence-corrected chi connectivity index (χ4v) is 3.72. The monoisotopic (exact) mass is 487 g/mol. The lowest BCUT2D eigenvalue weighted by Gasteiger charge is -2.15. The number of ether oxygens (including phenoxy) is 4. The third kappa shape index (κ3) is 6.24. The zero-order valence-electron chi connectivity index (χ0n) is 20.7. The van der Waals surface area contributed by atoms with Gasteiger partial charge in [-0.1, -0.05) is 30.3 Å². The van der Waals surface area contributed by atoms with Crippen molar-refractivity contribution in [2.75, 3.05) is 27.5 Å². The molecular formula is C29H29NO6. The summed E-state index contributed by atoms with van der Waals surface area (Å²) in [4.78, 5) is 26.1. The molecule has 0 radical (unpaired) electrons. The molecule has 0 N–H and O–H groups in total. The summed E-state index contributed by atoms with van der Waals surface area (Å²) in [6.45, 7) is 2.39. The lowest BCUT2D eigenvalue weighted by atomic mass is 10.0. The second-order valence-electron chi connectivity index (χ2n) is 8.45. The van der Waals surface area contributed by atoms with E-state index in [2.05, 4.69) is 0 Å². The van der Waals surface area contributed by atoms with E-state index in [4.69, 9.17) is 18.9 Å². The van der Waals surface area contributed by atoms with Crippen LogP contribution in [0, 0.1) is 0 Å². The van der Waals surface area contributed by atoms with Crippen molar-refractivity contribution in [3.05, 3.63) is 83.4 Å². The van der Waals surface area contributed by atoms with Crippen LogP contribution < -0.4 is 14.2 Å². The van der Waals surface area contributed by atoms with Gasteiger partial charge in [0.2, 0.25) is 6.79 Å². The summed E-state index contributed by atoms with van der Waals surface area (Å²) in [5, 5.41) is 0. The van der Waals surface area contributed by atoms with Crippen LogP contribution in [0.2, 0.25) is 0 Å². The molecular weight excluding hydrogens is 458 g/mol. The van der Waals surface area contributed by atoms with Gasteiger partial charge in [-0.25, -0.2) is 0 Å². The normalized spacial score (nSPS) is 12.2. The van der Waals surface area contributed by atoms with Crippen LogP contribution in [0.1, 0.15) is 30.0 Å². The number of nitrogens with zero attached hydrogens (tertiary/aromatic N) is 1. The second kappa shape index (κ2) is 11.4. The maximum absolute atomic E-state index is 13.0. The smallest absolute Gasteiger partial charge is 0.306 e. The SMILES string of the molecule is CCOC(=O)CCc1ccc(Oc2ccc(C(=Cc3ccc4c(c3)OCO4)C(=O)N(C)C)cc2)cc1. The van der Waals surface area contributed by atoms with Crippen molar-refractivity contribution in [3.63, 3.8) is 0 Å². The van der Waals surface area contributed by atoms with E-state index in [0.717, 1.165) is 16.7 Å². The molecule has 0 spiro atoms. The summed E-state index contributed by atoms with van der Waals surface area (Å²) in [7, 11) is 3.45. The Kier molecular flexibility index (Phi) is 7.90. The molecule has 0 aliphatic carbocycles. The molecule has 1 heterocycles. The fourth-order valence-electron chi connectivity index (χ4n) is 3.72. The molecule has 7 nitrogen and oxygen atoms in total. The first-order valence-corrected chi connectivity index (χ1v) is 11.8. The number of aryl methyl sites for hydroxylation is 1. The second-order valence-corrected chi connectivity index (χ2v) is 8.45. The van der Waals surface area contributed by atoms with Crippen molar-refractivity contribution in [2.45, 2.75) is 19.8 Å². The number of likely N-dealkylation sites (N-methyl/N-ethyl adjacent to an activating group) is 1. The summed E-state index contributed by atoms with van der Waals surface area (Å²) in [6.07, 6.45) is 2.81. The van der Waals surface area contributed by atoms with E-state index in [0.29, 0.717) is 48.0 Å². The van der Waals surface area contributed by atoms with Crippen molar-refractivity contribution in [3.8, 4) is 23.0 Å². The predicted molar refractivity (Wildman–Crippen MR) is 137 cm³/mol. The van der Waals surface area contributed by atoms with Crippen LogP contribution in [0.5, 0.6) is 23.0 Å². The maximum Gasteiger partial charge on any atom is 0.306 e. The van der Waals surface area contributed by atoms with Crippen molar-refractivity contribution in [1.82, 2.24) is 4.90 Å². The minimum absolute atomic E-state index is 0.111. The van der Waals surface area contributed by atoms with Gasteiger partial charge in [-0.3, -0.25) is 9.59 Å². The molecule has 1 aliphatic rings. The molecule has 0 atom stereocenters. The first kappa shape index (κ1) is 24.9. The Morgan fingerprint density at radius 3 is 2.25 bits per heavy atom. The van der Waals surface area contributed by atoms with Gasteiger partial charge < -0.3 is 23.8 Å². The van der Waals surface area contributed by atoms with Gasteiger partial charge in [0.25, 0.3) is 5.91 Å². The molecule has 1 aliphatic heterocycles. The Hall–Kier alpha value is -4.26. The minimum atomic E-state index is -0.197. The zero-order chi connectivity index (χ0) is 25.5. The maximum atomic E-state index is 13.0. The topological polar surface area (TPSA) is 74.3 Å². The molecule has 0 fully saturated rings. The quantitative estimate of drug-likeness (QED) is 0.231. The number of amides is 1. The summed E-state index contributed by atoms with van der Waals surface area (Å²) in [5.74, 6) is 2.38. The van der Waals surface area contributed by atoms with Crippen molar-refractivity contribution >= 4 is 23.5 Å². The first-order valence-electron chi connectivity index (χ1n) is 11.8. The van der Waals surface area contributed by atoms with Crippen LogP contribution in [0.3, 0.4) is 0 Å². The number of carbonyl (C=O) groups excluding carboxylic acids is 2. The van der Waals surface area contributed by atoms with E-state index in [1.165, 1.54) is 0 Å². The molecule has 7 heteroatoms. The van der Waals surface area contributed by atoms with Crippen molar-refractivity contribution in [1.29, 1.82) is 0 Å². The molecule has 1 amide bonds. The van der Waals surface area contributed by atoms with E-state index in [1.54, 1.807) is 25.9 Å². The van der Waals surface area contributed by atoms with E-state index >= 15 is 0 Å². The Morgan fingerprint density at radius 1 is 0.917 bits per heavy atom. The molecule has 3 aromatic carbocycles. The molecule has 0 saturated heterocycles. The van der Waals surface area contributed by atoms with Gasteiger partial charge in [-0.05, 0) is 72.5 Å². The number of esters is 1. The van der Waals surface area contributed by atoms with E-state index in [1.807, 2.05) is 72.8 Å². The lowest BCUT2D eigenvalue weighted by molar-refractivity contribution is -0.143.